The van der Waals surface area contributed by atoms with E-state index in [2.05, 4.69) is 39.5 Å². The zero-order chi connectivity index (χ0) is 15.5. The second kappa shape index (κ2) is 6.83. The van der Waals surface area contributed by atoms with E-state index in [1.54, 1.807) is 11.8 Å². The van der Waals surface area contributed by atoms with Crippen LogP contribution in [0.1, 0.15) is 38.2 Å². The third-order valence-electron chi connectivity index (χ3n) is 4.19. The van der Waals surface area contributed by atoms with Crippen LogP contribution in [-0.4, -0.2) is 45.5 Å². The van der Waals surface area contributed by atoms with Crippen molar-refractivity contribution in [1.29, 1.82) is 0 Å². The number of nitrogens with zero attached hydrogens (tertiary/aromatic N) is 4. The summed E-state index contributed by atoms with van der Waals surface area (Å²) in [6, 6.07) is 0. The van der Waals surface area contributed by atoms with E-state index < -0.39 is 0 Å². The number of hydrogen-bond acceptors (Lipinski definition) is 6. The van der Waals surface area contributed by atoms with Gasteiger partial charge in [-0.15, -0.1) is 0 Å². The first-order valence-electron chi connectivity index (χ1n) is 7.93. The molecule has 3 rings (SSSR count). The monoisotopic (exact) mass is 320 g/mol. The molecule has 0 bridgehead atoms. The SMILES string of the molecule is CSc1nc(NCC2CCNCC2)n2ncc(C(C)C)c2n1. The molecule has 1 aliphatic rings. The highest BCUT2D eigenvalue weighted by Crippen LogP contribution is 2.23. The predicted molar refractivity (Wildman–Crippen MR) is 90.7 cm³/mol. The maximum atomic E-state index is 4.63. The Labute approximate surface area is 135 Å². The minimum absolute atomic E-state index is 0.402. The van der Waals surface area contributed by atoms with E-state index in [-0.39, 0.29) is 0 Å². The number of piperidine rings is 1. The highest BCUT2D eigenvalue weighted by molar-refractivity contribution is 7.98. The number of rotatable bonds is 5. The lowest BCUT2D eigenvalue weighted by Crippen LogP contribution is -2.31. The number of fused-ring (bicyclic) bond motifs is 1. The normalized spacial score (nSPS) is 16.5. The van der Waals surface area contributed by atoms with Crippen LogP contribution in [0.5, 0.6) is 0 Å². The van der Waals surface area contributed by atoms with Crippen LogP contribution < -0.4 is 10.6 Å². The van der Waals surface area contributed by atoms with Crippen molar-refractivity contribution in [3.63, 3.8) is 0 Å². The van der Waals surface area contributed by atoms with Crippen molar-refractivity contribution >= 4 is 23.4 Å². The Kier molecular flexibility index (Phi) is 4.83. The molecule has 1 saturated heterocycles. The minimum Gasteiger partial charge on any atom is -0.354 e. The van der Waals surface area contributed by atoms with E-state index >= 15 is 0 Å². The highest BCUT2D eigenvalue weighted by atomic mass is 32.2. The quantitative estimate of drug-likeness (QED) is 0.825. The van der Waals surface area contributed by atoms with Crippen molar-refractivity contribution in [2.45, 2.75) is 37.8 Å². The van der Waals surface area contributed by atoms with Crippen molar-refractivity contribution < 1.29 is 0 Å². The van der Waals surface area contributed by atoms with Crippen molar-refractivity contribution in [2.24, 2.45) is 5.92 Å². The van der Waals surface area contributed by atoms with Crippen LogP contribution in [0.4, 0.5) is 5.95 Å². The number of thioether (sulfide) groups is 1. The third-order valence-corrected chi connectivity index (χ3v) is 4.73. The molecule has 2 aromatic heterocycles. The van der Waals surface area contributed by atoms with E-state index in [1.807, 2.05) is 17.0 Å². The van der Waals surface area contributed by atoms with Gasteiger partial charge in [0.1, 0.15) is 0 Å². The molecule has 6 nitrogen and oxygen atoms in total. The molecule has 0 radical (unpaired) electrons. The summed E-state index contributed by atoms with van der Waals surface area (Å²) in [5.74, 6) is 1.91. The van der Waals surface area contributed by atoms with Crippen LogP contribution in [0.3, 0.4) is 0 Å². The van der Waals surface area contributed by atoms with Crippen LogP contribution in [0.25, 0.3) is 5.65 Å². The Morgan fingerprint density at radius 3 is 2.82 bits per heavy atom. The molecule has 2 aromatic rings. The summed E-state index contributed by atoms with van der Waals surface area (Å²) in [5, 5.41) is 12.2. The molecule has 0 saturated carbocycles. The van der Waals surface area contributed by atoms with Gasteiger partial charge in [-0.1, -0.05) is 25.6 Å². The summed E-state index contributed by atoms with van der Waals surface area (Å²) in [6.45, 7) is 7.50. The molecular formula is C15H24N6S. The highest BCUT2D eigenvalue weighted by Gasteiger charge is 2.17. The fourth-order valence-electron chi connectivity index (χ4n) is 2.81. The summed E-state index contributed by atoms with van der Waals surface area (Å²) < 4.78 is 1.84. The first kappa shape index (κ1) is 15.6. The van der Waals surface area contributed by atoms with Gasteiger partial charge >= 0.3 is 0 Å². The van der Waals surface area contributed by atoms with Crippen LogP contribution in [0, 0.1) is 5.92 Å². The molecule has 0 unspecified atom stereocenters. The average Bonchev–Trinajstić information content (AvgIpc) is 2.97. The minimum atomic E-state index is 0.402. The van der Waals surface area contributed by atoms with E-state index in [9.17, 15) is 0 Å². The Hall–Kier alpha value is -1.34. The van der Waals surface area contributed by atoms with Gasteiger partial charge in [-0.05, 0) is 44.0 Å². The fourth-order valence-corrected chi connectivity index (χ4v) is 3.17. The van der Waals surface area contributed by atoms with Gasteiger partial charge in [0.05, 0.1) is 6.20 Å². The molecule has 0 aliphatic carbocycles. The van der Waals surface area contributed by atoms with Crippen LogP contribution in [-0.2, 0) is 0 Å². The maximum Gasteiger partial charge on any atom is 0.228 e. The van der Waals surface area contributed by atoms with Crippen molar-refractivity contribution in [3.05, 3.63) is 11.8 Å². The van der Waals surface area contributed by atoms with Gasteiger partial charge in [-0.25, -0.2) is 4.98 Å². The summed E-state index contributed by atoms with van der Waals surface area (Å²) in [6.07, 6.45) is 6.35. The van der Waals surface area contributed by atoms with E-state index in [4.69, 9.17) is 0 Å². The molecule has 0 amide bonds. The molecule has 0 spiro atoms. The molecule has 120 valence electrons. The molecule has 1 aliphatic heterocycles. The number of hydrogen-bond donors (Lipinski definition) is 2. The standard InChI is InChI=1S/C15H24N6S/c1-10(2)12-9-18-21-13(12)19-15(22-3)20-14(21)17-8-11-4-6-16-7-5-11/h9-11,16H,4-8H2,1-3H3,(H,17,19,20). The maximum absolute atomic E-state index is 4.63. The molecular weight excluding hydrogens is 296 g/mol. The number of aromatic nitrogens is 4. The largest absolute Gasteiger partial charge is 0.354 e. The fraction of sp³-hybridized carbons (Fsp3) is 0.667. The lowest BCUT2D eigenvalue weighted by atomic mass is 9.98. The number of anilines is 1. The Balaban J connectivity index is 1.87. The molecule has 3 heterocycles. The topological polar surface area (TPSA) is 67.1 Å². The Bertz CT molecular complexity index is 632. The van der Waals surface area contributed by atoms with Gasteiger partial charge < -0.3 is 10.6 Å². The predicted octanol–water partition coefficient (Wildman–Crippen LogP) is 2.38. The second-order valence-corrected chi connectivity index (χ2v) is 6.87. The van der Waals surface area contributed by atoms with Crippen LogP contribution in [0.15, 0.2) is 11.4 Å². The molecule has 0 aromatic carbocycles. The van der Waals surface area contributed by atoms with Crippen molar-refractivity contribution in [2.75, 3.05) is 31.2 Å². The first-order valence-corrected chi connectivity index (χ1v) is 9.15. The second-order valence-electron chi connectivity index (χ2n) is 6.10. The van der Waals surface area contributed by atoms with Gasteiger partial charge in [0, 0.05) is 12.1 Å². The van der Waals surface area contributed by atoms with E-state index in [1.165, 1.54) is 18.4 Å². The van der Waals surface area contributed by atoms with Gasteiger partial charge in [-0.2, -0.15) is 14.6 Å². The van der Waals surface area contributed by atoms with Crippen LogP contribution >= 0.6 is 11.8 Å². The Morgan fingerprint density at radius 2 is 2.14 bits per heavy atom. The van der Waals surface area contributed by atoms with Crippen LogP contribution in [0.2, 0.25) is 0 Å². The smallest absolute Gasteiger partial charge is 0.228 e. The van der Waals surface area contributed by atoms with Gasteiger partial charge in [0.2, 0.25) is 5.95 Å². The van der Waals surface area contributed by atoms with Crippen molar-refractivity contribution in [1.82, 2.24) is 24.9 Å². The van der Waals surface area contributed by atoms with E-state index in [0.29, 0.717) is 11.8 Å². The zero-order valence-electron chi connectivity index (χ0n) is 13.5. The lowest BCUT2D eigenvalue weighted by molar-refractivity contribution is 0.389. The zero-order valence-corrected chi connectivity index (χ0v) is 14.3. The van der Waals surface area contributed by atoms with Crippen molar-refractivity contribution in [3.8, 4) is 0 Å². The summed E-state index contributed by atoms with van der Waals surface area (Å²) in [5.41, 5.74) is 2.09. The molecule has 1 fully saturated rings. The molecule has 2 N–H and O–H groups in total. The molecule has 22 heavy (non-hydrogen) atoms. The Morgan fingerprint density at radius 1 is 1.36 bits per heavy atom. The summed E-state index contributed by atoms with van der Waals surface area (Å²) >= 11 is 1.57. The molecule has 0 atom stereocenters. The van der Waals surface area contributed by atoms with Gasteiger partial charge in [0.15, 0.2) is 10.8 Å². The van der Waals surface area contributed by atoms with Gasteiger partial charge in [-0.3, -0.25) is 0 Å². The first-order chi connectivity index (χ1) is 10.7. The number of nitrogens with one attached hydrogen (secondary N) is 2. The lowest BCUT2D eigenvalue weighted by Gasteiger charge is -2.23. The third kappa shape index (κ3) is 3.20. The summed E-state index contributed by atoms with van der Waals surface area (Å²) in [4.78, 5) is 9.23. The summed E-state index contributed by atoms with van der Waals surface area (Å²) in [7, 11) is 0. The average molecular weight is 320 g/mol. The van der Waals surface area contributed by atoms with E-state index in [0.717, 1.165) is 36.4 Å². The molecule has 7 heteroatoms. The van der Waals surface area contributed by atoms with Gasteiger partial charge in [0.25, 0.3) is 0 Å².